The predicted molar refractivity (Wildman–Crippen MR) is 128 cm³/mol. The lowest BCUT2D eigenvalue weighted by Crippen LogP contribution is -2.12. The van der Waals surface area contributed by atoms with Crippen molar-refractivity contribution in [3.63, 3.8) is 0 Å². The molecular formula is C24H20N8O2. The summed E-state index contributed by atoms with van der Waals surface area (Å²) in [6.07, 6.45) is 3.34. The van der Waals surface area contributed by atoms with Gasteiger partial charge < -0.3 is 15.4 Å². The van der Waals surface area contributed by atoms with Crippen LogP contribution in [0.2, 0.25) is 0 Å². The van der Waals surface area contributed by atoms with Crippen LogP contribution in [0.4, 0.5) is 11.6 Å². The van der Waals surface area contributed by atoms with E-state index in [1.165, 1.54) is 0 Å². The number of aromatic amines is 1. The van der Waals surface area contributed by atoms with Crippen molar-refractivity contribution in [1.82, 2.24) is 30.4 Å². The Balaban J connectivity index is 1.36. The van der Waals surface area contributed by atoms with E-state index in [0.717, 1.165) is 16.6 Å². The van der Waals surface area contributed by atoms with E-state index in [1.807, 2.05) is 25.1 Å². The van der Waals surface area contributed by atoms with Gasteiger partial charge in [0, 0.05) is 30.7 Å². The minimum atomic E-state index is -0.242. The first-order chi connectivity index (χ1) is 16.6. The first-order valence-electron chi connectivity index (χ1n) is 10.5. The van der Waals surface area contributed by atoms with Gasteiger partial charge >= 0.3 is 0 Å². The Bertz CT molecular complexity index is 1500. The van der Waals surface area contributed by atoms with Crippen LogP contribution in [-0.4, -0.2) is 43.3 Å². The van der Waals surface area contributed by atoms with Gasteiger partial charge in [0.05, 0.1) is 16.8 Å². The third-order valence-corrected chi connectivity index (χ3v) is 5.15. The van der Waals surface area contributed by atoms with Crippen LogP contribution in [0.3, 0.4) is 0 Å². The van der Waals surface area contributed by atoms with Crippen LogP contribution < -0.4 is 15.4 Å². The molecule has 10 heteroatoms. The average Bonchev–Trinajstić information content (AvgIpc) is 3.34. The molecule has 0 aliphatic rings. The quantitative estimate of drug-likeness (QED) is 0.349. The van der Waals surface area contributed by atoms with Gasteiger partial charge in [-0.15, -0.1) is 5.10 Å². The number of carbonyl (C=O) groups is 1. The molecule has 0 radical (unpaired) electrons. The Kier molecular flexibility index (Phi) is 5.53. The van der Waals surface area contributed by atoms with E-state index in [9.17, 15) is 4.79 Å². The molecule has 5 rings (SSSR count). The summed E-state index contributed by atoms with van der Waals surface area (Å²) in [5.41, 5.74) is 4.79. The number of amides is 1. The molecule has 3 heterocycles. The van der Waals surface area contributed by atoms with Gasteiger partial charge in [0.25, 0.3) is 5.91 Å². The van der Waals surface area contributed by atoms with Gasteiger partial charge in [0.15, 0.2) is 0 Å². The monoisotopic (exact) mass is 452 g/mol. The molecule has 5 aromatic rings. The van der Waals surface area contributed by atoms with E-state index in [1.54, 1.807) is 55.8 Å². The smallest absolute Gasteiger partial charge is 0.255 e. The van der Waals surface area contributed by atoms with Gasteiger partial charge in [-0.05, 0) is 67.1 Å². The number of fused-ring (bicyclic) bond motifs is 1. The molecule has 0 fully saturated rings. The zero-order valence-corrected chi connectivity index (χ0v) is 18.4. The molecule has 0 saturated heterocycles. The van der Waals surface area contributed by atoms with Crippen LogP contribution >= 0.6 is 0 Å². The highest BCUT2D eigenvalue weighted by Gasteiger charge is 2.14. The SMILES string of the molecule is CNc1nccc(-c2cccnc2Oc2ccc(NC(=O)c3ccc4[nH]nnc4c3)cc2C)n1. The lowest BCUT2D eigenvalue weighted by atomic mass is 10.1. The molecule has 168 valence electrons. The van der Waals surface area contributed by atoms with Crippen molar-refractivity contribution in [2.75, 3.05) is 17.7 Å². The molecule has 0 bridgehead atoms. The van der Waals surface area contributed by atoms with Crippen molar-refractivity contribution in [2.24, 2.45) is 0 Å². The van der Waals surface area contributed by atoms with E-state index in [4.69, 9.17) is 4.74 Å². The van der Waals surface area contributed by atoms with Crippen LogP contribution in [0, 0.1) is 6.92 Å². The number of benzene rings is 2. The van der Waals surface area contributed by atoms with E-state index in [-0.39, 0.29) is 5.91 Å². The Hall–Kier alpha value is -4.86. The molecule has 1 amide bonds. The summed E-state index contributed by atoms with van der Waals surface area (Å²) in [7, 11) is 1.76. The lowest BCUT2D eigenvalue weighted by molar-refractivity contribution is 0.102. The summed E-state index contributed by atoms with van der Waals surface area (Å²) in [4.78, 5) is 25.7. The highest BCUT2D eigenvalue weighted by Crippen LogP contribution is 2.33. The zero-order valence-electron chi connectivity index (χ0n) is 18.4. The second-order valence-electron chi connectivity index (χ2n) is 7.45. The number of aryl methyl sites for hydroxylation is 1. The number of hydrogen-bond donors (Lipinski definition) is 3. The number of pyridine rings is 1. The molecule has 0 aliphatic heterocycles. The Morgan fingerprint density at radius 1 is 1.03 bits per heavy atom. The van der Waals surface area contributed by atoms with Crippen LogP contribution in [0.5, 0.6) is 11.6 Å². The maximum Gasteiger partial charge on any atom is 0.255 e. The van der Waals surface area contributed by atoms with Gasteiger partial charge in [0.2, 0.25) is 11.8 Å². The summed E-state index contributed by atoms with van der Waals surface area (Å²) >= 11 is 0. The third-order valence-electron chi connectivity index (χ3n) is 5.15. The van der Waals surface area contributed by atoms with Crippen molar-refractivity contribution < 1.29 is 9.53 Å². The number of nitrogens with zero attached hydrogens (tertiary/aromatic N) is 5. The van der Waals surface area contributed by atoms with E-state index in [0.29, 0.717) is 40.0 Å². The molecule has 34 heavy (non-hydrogen) atoms. The van der Waals surface area contributed by atoms with Crippen LogP contribution in [0.1, 0.15) is 15.9 Å². The van der Waals surface area contributed by atoms with Crippen LogP contribution in [0.15, 0.2) is 67.0 Å². The number of nitrogens with one attached hydrogen (secondary N) is 3. The number of ether oxygens (including phenoxy) is 1. The standard InChI is InChI=1S/C24H20N8O2/c1-14-12-16(28-22(33)15-5-7-19-20(13-15)31-32-30-19)6-8-21(14)34-23-17(4-3-10-26-23)18-9-11-27-24(25-2)29-18/h3-13H,1-2H3,(H,28,33)(H,25,27,29)(H,30,31,32). The number of carbonyl (C=O) groups excluding carboxylic acids is 1. The largest absolute Gasteiger partial charge is 0.438 e. The highest BCUT2D eigenvalue weighted by molar-refractivity contribution is 6.05. The first-order valence-corrected chi connectivity index (χ1v) is 10.5. The molecule has 0 saturated carbocycles. The second-order valence-corrected chi connectivity index (χ2v) is 7.45. The van der Waals surface area contributed by atoms with Crippen molar-refractivity contribution in [3.8, 4) is 22.9 Å². The van der Waals surface area contributed by atoms with Gasteiger partial charge in [-0.1, -0.05) is 5.21 Å². The maximum absolute atomic E-state index is 12.7. The van der Waals surface area contributed by atoms with Crippen LogP contribution in [0.25, 0.3) is 22.3 Å². The van der Waals surface area contributed by atoms with Gasteiger partial charge in [-0.3, -0.25) is 9.89 Å². The van der Waals surface area contributed by atoms with Gasteiger partial charge in [-0.2, -0.15) is 0 Å². The molecule has 3 aromatic heterocycles. The molecule has 0 unspecified atom stereocenters. The Labute approximate surface area is 194 Å². The number of H-pyrrole nitrogens is 1. The maximum atomic E-state index is 12.7. The number of aromatic nitrogens is 6. The molecule has 0 aliphatic carbocycles. The molecule has 3 N–H and O–H groups in total. The predicted octanol–water partition coefficient (Wildman–Crippen LogP) is 4.20. The third kappa shape index (κ3) is 4.24. The fourth-order valence-corrected chi connectivity index (χ4v) is 3.43. The molecule has 10 nitrogen and oxygen atoms in total. The number of rotatable bonds is 6. The normalized spacial score (nSPS) is 10.8. The van der Waals surface area contributed by atoms with Crippen LogP contribution in [-0.2, 0) is 0 Å². The fraction of sp³-hybridized carbons (Fsp3) is 0.0833. The van der Waals surface area contributed by atoms with Crippen molar-refractivity contribution in [1.29, 1.82) is 0 Å². The minimum Gasteiger partial charge on any atom is -0.438 e. The van der Waals surface area contributed by atoms with Gasteiger partial charge in [-0.25, -0.2) is 15.0 Å². The topological polar surface area (TPSA) is 131 Å². The summed E-state index contributed by atoms with van der Waals surface area (Å²) < 4.78 is 6.13. The van der Waals surface area contributed by atoms with E-state index < -0.39 is 0 Å². The molecular weight excluding hydrogens is 432 g/mol. The Morgan fingerprint density at radius 2 is 1.94 bits per heavy atom. The first kappa shape index (κ1) is 21.0. The molecule has 2 aromatic carbocycles. The van der Waals surface area contributed by atoms with Gasteiger partial charge in [0.1, 0.15) is 11.3 Å². The second kappa shape index (κ2) is 8.94. The number of hydrogen-bond acceptors (Lipinski definition) is 8. The lowest BCUT2D eigenvalue weighted by Gasteiger charge is -2.13. The highest BCUT2D eigenvalue weighted by atomic mass is 16.5. The molecule has 0 atom stereocenters. The summed E-state index contributed by atoms with van der Waals surface area (Å²) in [5, 5.41) is 16.3. The zero-order chi connectivity index (χ0) is 23.5. The average molecular weight is 452 g/mol. The minimum absolute atomic E-state index is 0.242. The summed E-state index contributed by atoms with van der Waals surface area (Å²) in [6.45, 7) is 1.90. The van der Waals surface area contributed by atoms with E-state index in [2.05, 4.69) is 41.0 Å². The van der Waals surface area contributed by atoms with E-state index >= 15 is 0 Å². The summed E-state index contributed by atoms with van der Waals surface area (Å²) in [5.74, 6) is 1.30. The van der Waals surface area contributed by atoms with Crippen molar-refractivity contribution >= 4 is 28.6 Å². The van der Waals surface area contributed by atoms with Crippen molar-refractivity contribution in [3.05, 3.63) is 78.1 Å². The molecule has 0 spiro atoms. The number of anilines is 2. The van der Waals surface area contributed by atoms with Crippen molar-refractivity contribution in [2.45, 2.75) is 6.92 Å². The Morgan fingerprint density at radius 3 is 2.79 bits per heavy atom. The summed E-state index contributed by atoms with van der Waals surface area (Å²) in [6, 6.07) is 16.1. The fourth-order valence-electron chi connectivity index (χ4n) is 3.43.